The number of pyridine rings is 1. The molecule has 4 heteroatoms. The van der Waals surface area contributed by atoms with Crippen LogP contribution in [0.15, 0.2) is 42.6 Å². The van der Waals surface area contributed by atoms with E-state index in [0.29, 0.717) is 0 Å². The number of aromatic nitrogens is 1. The topological polar surface area (TPSA) is 54.2 Å². The highest BCUT2D eigenvalue weighted by molar-refractivity contribution is 5.65. The summed E-state index contributed by atoms with van der Waals surface area (Å²) >= 11 is 0. The molecule has 21 heavy (non-hydrogen) atoms. The highest BCUT2D eigenvalue weighted by atomic mass is 15.2. The molecule has 4 rings (SSSR count). The Hall–Kier alpha value is -2.07. The summed E-state index contributed by atoms with van der Waals surface area (Å²) in [6.45, 7) is 4.62. The lowest BCUT2D eigenvalue weighted by atomic mass is 10.0. The maximum absolute atomic E-state index is 5.84. The minimum Gasteiger partial charge on any atom is -0.399 e. The number of nitrogens with zero attached hydrogens (tertiary/aromatic N) is 2. The SMILES string of the molecule is Nc1cccc(-c2ccc(N3CC4CNCC4C3)cn2)c1. The van der Waals surface area contributed by atoms with Crippen LogP contribution in [0.5, 0.6) is 0 Å². The number of benzene rings is 1. The molecule has 2 fully saturated rings. The Morgan fingerprint density at radius 3 is 2.57 bits per heavy atom. The molecular weight excluding hydrogens is 260 g/mol. The predicted octanol–water partition coefficient (Wildman–Crippen LogP) is 1.99. The Morgan fingerprint density at radius 2 is 1.90 bits per heavy atom. The van der Waals surface area contributed by atoms with Gasteiger partial charge in [0.15, 0.2) is 0 Å². The fraction of sp³-hybridized carbons (Fsp3) is 0.353. The van der Waals surface area contributed by atoms with E-state index in [1.807, 2.05) is 30.5 Å². The molecule has 0 radical (unpaired) electrons. The summed E-state index contributed by atoms with van der Waals surface area (Å²) in [5.41, 5.74) is 9.90. The Labute approximate surface area is 125 Å². The van der Waals surface area contributed by atoms with Gasteiger partial charge in [0.1, 0.15) is 0 Å². The van der Waals surface area contributed by atoms with Gasteiger partial charge in [0, 0.05) is 37.4 Å². The van der Waals surface area contributed by atoms with Crippen molar-refractivity contribution in [3.63, 3.8) is 0 Å². The number of nitrogen functional groups attached to an aromatic ring is 1. The minimum absolute atomic E-state index is 0.776. The molecule has 1 aromatic carbocycles. The zero-order valence-corrected chi connectivity index (χ0v) is 12.0. The highest BCUT2D eigenvalue weighted by Crippen LogP contribution is 2.31. The molecular formula is C17H20N4. The third kappa shape index (κ3) is 2.36. The molecule has 3 N–H and O–H groups in total. The van der Waals surface area contributed by atoms with E-state index in [-0.39, 0.29) is 0 Å². The van der Waals surface area contributed by atoms with Crippen LogP contribution in [0.4, 0.5) is 11.4 Å². The Balaban J connectivity index is 1.54. The molecule has 0 saturated carbocycles. The summed E-state index contributed by atoms with van der Waals surface area (Å²) in [5, 5.41) is 3.48. The summed E-state index contributed by atoms with van der Waals surface area (Å²) in [7, 11) is 0. The quantitative estimate of drug-likeness (QED) is 0.826. The van der Waals surface area contributed by atoms with Gasteiger partial charge in [-0.3, -0.25) is 4.98 Å². The maximum atomic E-state index is 5.84. The molecule has 2 atom stereocenters. The van der Waals surface area contributed by atoms with Crippen LogP contribution in [0.25, 0.3) is 11.3 Å². The predicted molar refractivity (Wildman–Crippen MR) is 86.1 cm³/mol. The first kappa shape index (κ1) is 12.7. The lowest BCUT2D eigenvalue weighted by molar-refractivity contribution is 0.533. The van der Waals surface area contributed by atoms with E-state index in [1.54, 1.807) is 0 Å². The van der Waals surface area contributed by atoms with Gasteiger partial charge >= 0.3 is 0 Å². The minimum atomic E-state index is 0.776. The number of nitrogens with one attached hydrogen (secondary N) is 1. The maximum Gasteiger partial charge on any atom is 0.0704 e. The summed E-state index contributed by atoms with van der Waals surface area (Å²) in [4.78, 5) is 7.08. The fourth-order valence-electron chi connectivity index (χ4n) is 3.51. The van der Waals surface area contributed by atoms with Gasteiger partial charge in [0.25, 0.3) is 0 Å². The normalized spacial score (nSPS) is 24.3. The van der Waals surface area contributed by atoms with Crippen LogP contribution in [0.3, 0.4) is 0 Å². The monoisotopic (exact) mass is 280 g/mol. The molecule has 3 heterocycles. The van der Waals surface area contributed by atoms with E-state index in [9.17, 15) is 0 Å². The number of hydrogen-bond acceptors (Lipinski definition) is 4. The molecule has 2 saturated heterocycles. The van der Waals surface area contributed by atoms with Crippen LogP contribution in [0, 0.1) is 11.8 Å². The summed E-state index contributed by atoms with van der Waals surface area (Å²) in [5.74, 6) is 1.61. The van der Waals surface area contributed by atoms with Crippen LogP contribution in [-0.4, -0.2) is 31.2 Å². The molecule has 4 nitrogen and oxygen atoms in total. The van der Waals surface area contributed by atoms with E-state index in [2.05, 4.69) is 27.3 Å². The smallest absolute Gasteiger partial charge is 0.0704 e. The first-order valence-electron chi connectivity index (χ1n) is 7.57. The van der Waals surface area contributed by atoms with Gasteiger partial charge in [0.2, 0.25) is 0 Å². The van der Waals surface area contributed by atoms with Gasteiger partial charge < -0.3 is 16.0 Å². The molecule has 108 valence electrons. The van der Waals surface area contributed by atoms with Crippen LogP contribution in [0.2, 0.25) is 0 Å². The van der Waals surface area contributed by atoms with E-state index in [1.165, 1.54) is 5.69 Å². The van der Waals surface area contributed by atoms with E-state index in [4.69, 9.17) is 5.73 Å². The van der Waals surface area contributed by atoms with Crippen LogP contribution >= 0.6 is 0 Å². The van der Waals surface area contributed by atoms with Gasteiger partial charge in [0.05, 0.1) is 17.6 Å². The second-order valence-electron chi connectivity index (χ2n) is 6.11. The van der Waals surface area contributed by atoms with Gasteiger partial charge in [-0.1, -0.05) is 12.1 Å². The average molecular weight is 280 g/mol. The number of hydrogen-bond donors (Lipinski definition) is 2. The van der Waals surface area contributed by atoms with Crippen LogP contribution in [0.1, 0.15) is 0 Å². The molecule has 0 aliphatic carbocycles. The molecule has 0 spiro atoms. The Kier molecular flexibility index (Phi) is 3.04. The van der Waals surface area contributed by atoms with Crippen LogP contribution in [-0.2, 0) is 0 Å². The Morgan fingerprint density at radius 1 is 1.10 bits per heavy atom. The number of nitrogens with two attached hydrogens (primary N) is 1. The van der Waals surface area contributed by atoms with Crippen LogP contribution < -0.4 is 16.0 Å². The van der Waals surface area contributed by atoms with Crippen molar-refractivity contribution >= 4 is 11.4 Å². The van der Waals surface area contributed by atoms with Crippen molar-refractivity contribution in [2.24, 2.45) is 11.8 Å². The number of fused-ring (bicyclic) bond motifs is 1. The zero-order chi connectivity index (χ0) is 14.2. The summed E-state index contributed by atoms with van der Waals surface area (Å²) in [6, 6.07) is 12.2. The summed E-state index contributed by atoms with van der Waals surface area (Å²) < 4.78 is 0. The van der Waals surface area contributed by atoms with Crippen molar-refractivity contribution in [2.75, 3.05) is 36.8 Å². The number of rotatable bonds is 2. The van der Waals surface area contributed by atoms with Crippen molar-refractivity contribution in [1.82, 2.24) is 10.3 Å². The van der Waals surface area contributed by atoms with Crippen molar-refractivity contribution in [3.05, 3.63) is 42.6 Å². The average Bonchev–Trinajstić information content (AvgIpc) is 3.09. The molecule has 2 aromatic rings. The first-order chi connectivity index (χ1) is 10.3. The molecule has 1 aromatic heterocycles. The van der Waals surface area contributed by atoms with Gasteiger partial charge in [-0.2, -0.15) is 0 Å². The third-order valence-electron chi connectivity index (χ3n) is 4.68. The molecule has 0 bridgehead atoms. The number of anilines is 2. The standard InChI is InChI=1S/C17H20N4/c18-15-3-1-2-12(6-15)17-5-4-16(9-20-17)21-10-13-7-19-8-14(13)11-21/h1-6,9,13-14,19H,7-8,10-11,18H2. The second-order valence-corrected chi connectivity index (χ2v) is 6.11. The van der Waals surface area contributed by atoms with E-state index < -0.39 is 0 Å². The lowest BCUT2D eigenvalue weighted by Gasteiger charge is -2.19. The van der Waals surface area contributed by atoms with E-state index >= 15 is 0 Å². The van der Waals surface area contributed by atoms with Gasteiger partial charge in [-0.05, 0) is 36.1 Å². The van der Waals surface area contributed by atoms with Gasteiger partial charge in [-0.15, -0.1) is 0 Å². The third-order valence-corrected chi connectivity index (χ3v) is 4.68. The molecule has 2 unspecified atom stereocenters. The zero-order valence-electron chi connectivity index (χ0n) is 12.0. The highest BCUT2D eigenvalue weighted by Gasteiger charge is 2.36. The van der Waals surface area contributed by atoms with Crippen molar-refractivity contribution < 1.29 is 0 Å². The van der Waals surface area contributed by atoms with Crippen molar-refractivity contribution in [1.29, 1.82) is 0 Å². The lowest BCUT2D eigenvalue weighted by Crippen LogP contribution is -2.25. The second kappa shape index (κ2) is 5.04. The fourth-order valence-corrected chi connectivity index (χ4v) is 3.51. The molecule has 0 amide bonds. The Bertz CT molecular complexity index is 625. The molecule has 2 aliphatic rings. The van der Waals surface area contributed by atoms with Gasteiger partial charge in [-0.25, -0.2) is 0 Å². The summed E-state index contributed by atoms with van der Waals surface area (Å²) in [6.07, 6.45) is 1.99. The molecule has 2 aliphatic heterocycles. The van der Waals surface area contributed by atoms with Crippen molar-refractivity contribution in [3.8, 4) is 11.3 Å². The first-order valence-corrected chi connectivity index (χ1v) is 7.57. The van der Waals surface area contributed by atoms with Crippen molar-refractivity contribution in [2.45, 2.75) is 0 Å². The van der Waals surface area contributed by atoms with E-state index in [0.717, 1.165) is 55.0 Å². The largest absolute Gasteiger partial charge is 0.399 e.